The maximum Gasteiger partial charge on any atom is 0.337 e. The normalized spacial score (nSPS) is 10.7. The van der Waals surface area contributed by atoms with Crippen LogP contribution in [0.5, 0.6) is 6.01 Å². The lowest BCUT2D eigenvalue weighted by molar-refractivity contribution is -0.116. The fraction of sp³-hybridized carbons (Fsp3) is 0.538. The second-order valence-electron chi connectivity index (χ2n) is 4.72. The van der Waals surface area contributed by atoms with E-state index in [2.05, 4.69) is 25.6 Å². The lowest BCUT2D eigenvalue weighted by Crippen LogP contribution is -2.13. The summed E-state index contributed by atoms with van der Waals surface area (Å²) in [4.78, 5) is 15.9. The average molecular weight is 292 g/mol. The van der Waals surface area contributed by atoms with Crippen LogP contribution in [0.4, 0.5) is 5.95 Å². The van der Waals surface area contributed by atoms with Gasteiger partial charge in [0.05, 0.1) is 12.3 Å². The number of aromatic amines is 1. The number of aromatic nitrogens is 5. The van der Waals surface area contributed by atoms with Crippen LogP contribution in [-0.2, 0) is 18.3 Å². The van der Waals surface area contributed by atoms with Crippen molar-refractivity contribution >= 4 is 11.9 Å². The fourth-order valence-corrected chi connectivity index (χ4v) is 2.11. The van der Waals surface area contributed by atoms with Crippen LogP contribution in [-0.4, -0.2) is 37.5 Å². The van der Waals surface area contributed by atoms with Crippen molar-refractivity contribution in [3.05, 3.63) is 17.0 Å². The van der Waals surface area contributed by atoms with E-state index in [1.165, 1.54) is 0 Å². The largest absolute Gasteiger partial charge is 0.463 e. The van der Waals surface area contributed by atoms with Gasteiger partial charge in [0, 0.05) is 19.2 Å². The third-order valence-electron chi connectivity index (χ3n) is 3.26. The molecule has 0 aliphatic carbocycles. The number of rotatable bonds is 6. The van der Waals surface area contributed by atoms with E-state index in [9.17, 15) is 4.79 Å². The molecule has 0 fully saturated rings. The Morgan fingerprint density at radius 2 is 2.19 bits per heavy atom. The molecule has 0 bridgehead atoms. The van der Waals surface area contributed by atoms with E-state index < -0.39 is 0 Å². The Kier molecular flexibility index (Phi) is 4.56. The van der Waals surface area contributed by atoms with Gasteiger partial charge in [0.15, 0.2) is 0 Å². The summed E-state index contributed by atoms with van der Waals surface area (Å²) in [6.07, 6.45) is 1.00. The second kappa shape index (κ2) is 6.38. The Morgan fingerprint density at radius 3 is 2.81 bits per heavy atom. The molecule has 8 heteroatoms. The Hall–Kier alpha value is -2.38. The minimum absolute atomic E-state index is 0.128. The van der Waals surface area contributed by atoms with Gasteiger partial charge in [0.2, 0.25) is 11.9 Å². The number of nitrogens with zero attached hydrogens (tertiary/aromatic N) is 4. The number of carbonyl (C=O) groups is 1. The zero-order valence-corrected chi connectivity index (χ0v) is 12.7. The van der Waals surface area contributed by atoms with Crippen molar-refractivity contribution < 1.29 is 9.53 Å². The molecule has 8 nitrogen and oxygen atoms in total. The van der Waals surface area contributed by atoms with Crippen LogP contribution in [0, 0.1) is 13.8 Å². The van der Waals surface area contributed by atoms with Crippen LogP contribution < -0.4 is 10.1 Å². The van der Waals surface area contributed by atoms with Crippen LogP contribution in [0.2, 0.25) is 0 Å². The van der Waals surface area contributed by atoms with Gasteiger partial charge in [-0.1, -0.05) is 0 Å². The molecule has 0 saturated carbocycles. The molecule has 2 heterocycles. The third-order valence-corrected chi connectivity index (χ3v) is 3.26. The summed E-state index contributed by atoms with van der Waals surface area (Å²) in [5.41, 5.74) is 3.15. The molecular weight excluding hydrogens is 272 g/mol. The molecule has 0 aliphatic heterocycles. The van der Waals surface area contributed by atoms with Crippen LogP contribution in [0.3, 0.4) is 0 Å². The first-order valence-corrected chi connectivity index (χ1v) is 6.85. The molecular formula is C13H20N6O2. The number of ether oxygens (including phenoxy) is 1. The molecule has 0 spiro atoms. The highest BCUT2D eigenvalue weighted by molar-refractivity contribution is 5.89. The molecule has 2 aromatic rings. The summed E-state index contributed by atoms with van der Waals surface area (Å²) in [5.74, 6) is 0.167. The standard InChI is InChI=1S/C13H20N6O2/c1-5-21-13-15-12(16-17-13)14-11(20)7-6-10-8(2)18-19(4)9(10)3/h5-7H2,1-4H3,(H2,14,15,16,17,20). The summed E-state index contributed by atoms with van der Waals surface area (Å²) >= 11 is 0. The Balaban J connectivity index is 1.89. The number of carbonyl (C=O) groups excluding carboxylic acids is 1. The summed E-state index contributed by atoms with van der Waals surface area (Å²) in [7, 11) is 1.90. The van der Waals surface area contributed by atoms with Gasteiger partial charge in [-0.15, -0.1) is 5.10 Å². The number of hydrogen-bond donors (Lipinski definition) is 2. The van der Waals surface area contributed by atoms with E-state index in [0.29, 0.717) is 25.4 Å². The zero-order valence-electron chi connectivity index (χ0n) is 12.7. The maximum absolute atomic E-state index is 11.9. The van der Waals surface area contributed by atoms with Gasteiger partial charge in [-0.3, -0.25) is 14.8 Å². The molecule has 0 aliphatic rings. The van der Waals surface area contributed by atoms with Crippen LogP contribution in [0.1, 0.15) is 30.3 Å². The van der Waals surface area contributed by atoms with Gasteiger partial charge in [-0.2, -0.15) is 10.1 Å². The molecule has 0 aromatic carbocycles. The predicted octanol–water partition coefficient (Wildman–Crippen LogP) is 1.13. The van der Waals surface area contributed by atoms with Crippen molar-refractivity contribution in [2.45, 2.75) is 33.6 Å². The van der Waals surface area contributed by atoms with E-state index >= 15 is 0 Å². The minimum atomic E-state index is -0.128. The predicted molar refractivity (Wildman–Crippen MR) is 77.2 cm³/mol. The first-order valence-electron chi connectivity index (χ1n) is 6.85. The molecule has 2 rings (SSSR count). The van der Waals surface area contributed by atoms with Crippen molar-refractivity contribution in [2.75, 3.05) is 11.9 Å². The van der Waals surface area contributed by atoms with E-state index in [1.807, 2.05) is 32.5 Å². The third kappa shape index (κ3) is 3.59. The smallest absolute Gasteiger partial charge is 0.337 e. The van der Waals surface area contributed by atoms with Crippen LogP contribution in [0.25, 0.3) is 0 Å². The molecule has 0 radical (unpaired) electrons. The average Bonchev–Trinajstić information content (AvgIpc) is 2.95. The van der Waals surface area contributed by atoms with E-state index in [1.54, 1.807) is 0 Å². The van der Waals surface area contributed by atoms with Gasteiger partial charge >= 0.3 is 6.01 Å². The van der Waals surface area contributed by atoms with Crippen molar-refractivity contribution in [1.29, 1.82) is 0 Å². The Bertz CT molecular complexity index is 631. The van der Waals surface area contributed by atoms with Gasteiger partial charge in [-0.05, 0) is 32.8 Å². The molecule has 21 heavy (non-hydrogen) atoms. The number of aryl methyl sites for hydroxylation is 2. The first-order chi connectivity index (χ1) is 10.0. The number of amides is 1. The maximum atomic E-state index is 11.9. The van der Waals surface area contributed by atoms with Crippen LogP contribution in [0.15, 0.2) is 0 Å². The summed E-state index contributed by atoms with van der Waals surface area (Å²) in [6.45, 7) is 6.26. The van der Waals surface area contributed by atoms with Gasteiger partial charge < -0.3 is 4.74 Å². The molecule has 114 valence electrons. The van der Waals surface area contributed by atoms with Crippen molar-refractivity contribution in [3.63, 3.8) is 0 Å². The summed E-state index contributed by atoms with van der Waals surface area (Å²) in [6, 6.07) is 0.228. The monoisotopic (exact) mass is 292 g/mol. The highest BCUT2D eigenvalue weighted by Gasteiger charge is 2.12. The fourth-order valence-electron chi connectivity index (χ4n) is 2.11. The minimum Gasteiger partial charge on any atom is -0.463 e. The lowest BCUT2D eigenvalue weighted by atomic mass is 10.1. The van der Waals surface area contributed by atoms with Gasteiger partial charge in [0.25, 0.3) is 0 Å². The van der Waals surface area contributed by atoms with Crippen molar-refractivity contribution in [1.82, 2.24) is 25.0 Å². The quantitative estimate of drug-likeness (QED) is 0.831. The summed E-state index contributed by atoms with van der Waals surface area (Å²) in [5, 5.41) is 13.4. The molecule has 0 atom stereocenters. The molecule has 1 amide bonds. The highest BCUT2D eigenvalue weighted by atomic mass is 16.5. The first kappa shape index (κ1) is 15.0. The van der Waals surface area contributed by atoms with Gasteiger partial charge in [0.1, 0.15) is 0 Å². The van der Waals surface area contributed by atoms with Gasteiger partial charge in [-0.25, -0.2) is 5.10 Å². The van der Waals surface area contributed by atoms with Crippen LogP contribution >= 0.6 is 0 Å². The second-order valence-corrected chi connectivity index (χ2v) is 4.72. The van der Waals surface area contributed by atoms with Crippen molar-refractivity contribution in [3.8, 4) is 6.01 Å². The highest BCUT2D eigenvalue weighted by Crippen LogP contribution is 2.14. The molecule has 0 saturated heterocycles. The topological polar surface area (TPSA) is 97.7 Å². The SMILES string of the molecule is CCOc1n[nH]c(NC(=O)CCc2c(C)nn(C)c2C)n1. The Labute approximate surface area is 122 Å². The molecule has 0 unspecified atom stereocenters. The zero-order chi connectivity index (χ0) is 15.4. The number of hydrogen-bond acceptors (Lipinski definition) is 5. The van der Waals surface area contributed by atoms with Crippen molar-refractivity contribution in [2.24, 2.45) is 7.05 Å². The molecule has 2 aromatic heterocycles. The Morgan fingerprint density at radius 1 is 1.43 bits per heavy atom. The van der Waals surface area contributed by atoms with E-state index in [-0.39, 0.29) is 11.9 Å². The lowest BCUT2D eigenvalue weighted by Gasteiger charge is -2.02. The number of H-pyrrole nitrogens is 1. The summed E-state index contributed by atoms with van der Waals surface area (Å²) < 4.78 is 6.94. The molecule has 2 N–H and O–H groups in total. The van der Waals surface area contributed by atoms with E-state index in [4.69, 9.17) is 4.74 Å². The number of nitrogens with one attached hydrogen (secondary N) is 2. The number of anilines is 1. The van der Waals surface area contributed by atoms with E-state index in [0.717, 1.165) is 17.0 Å².